The standard InChI is InChI=1S/C25H29FN2O2/c1-30-22-10-11-24-23(16-22)20(17-27-24)5-3-14-28-13-2-4-18(12-15-28)25(29)19-6-8-21(26)9-7-19/h6-11,16-18,27H,2-5,12-15H2,1H3. The molecule has 2 aromatic carbocycles. The number of halogens is 1. The predicted molar refractivity (Wildman–Crippen MR) is 118 cm³/mol. The van der Waals surface area contributed by atoms with Crippen LogP contribution in [0.2, 0.25) is 0 Å². The van der Waals surface area contributed by atoms with E-state index in [9.17, 15) is 9.18 Å². The van der Waals surface area contributed by atoms with Gasteiger partial charge in [0.1, 0.15) is 11.6 Å². The largest absolute Gasteiger partial charge is 0.497 e. The molecular formula is C25H29FN2O2. The number of carbonyl (C=O) groups excluding carboxylic acids is 1. The number of ketones is 1. The number of likely N-dealkylation sites (tertiary alicyclic amines) is 1. The van der Waals surface area contributed by atoms with E-state index < -0.39 is 0 Å². The van der Waals surface area contributed by atoms with E-state index in [4.69, 9.17) is 4.74 Å². The summed E-state index contributed by atoms with van der Waals surface area (Å²) in [5.41, 5.74) is 3.09. The number of carbonyl (C=O) groups is 1. The van der Waals surface area contributed by atoms with Crippen LogP contribution in [0, 0.1) is 11.7 Å². The first-order chi connectivity index (χ1) is 14.6. The maximum atomic E-state index is 13.1. The maximum Gasteiger partial charge on any atom is 0.165 e. The molecule has 0 spiro atoms. The second-order valence-corrected chi connectivity index (χ2v) is 8.17. The Balaban J connectivity index is 1.29. The number of nitrogens with one attached hydrogen (secondary N) is 1. The highest BCUT2D eigenvalue weighted by Gasteiger charge is 2.23. The summed E-state index contributed by atoms with van der Waals surface area (Å²) in [5.74, 6) is 0.783. The molecule has 30 heavy (non-hydrogen) atoms. The van der Waals surface area contributed by atoms with Gasteiger partial charge < -0.3 is 14.6 Å². The molecule has 2 heterocycles. The van der Waals surface area contributed by atoms with E-state index in [-0.39, 0.29) is 17.5 Å². The second-order valence-electron chi connectivity index (χ2n) is 8.17. The Morgan fingerprint density at radius 1 is 1.17 bits per heavy atom. The molecule has 3 aromatic rings. The lowest BCUT2D eigenvalue weighted by Gasteiger charge is -2.20. The lowest BCUT2D eigenvalue weighted by atomic mass is 9.91. The van der Waals surface area contributed by atoms with Gasteiger partial charge in [-0.2, -0.15) is 0 Å². The van der Waals surface area contributed by atoms with Crippen LogP contribution in [-0.2, 0) is 6.42 Å². The minimum absolute atomic E-state index is 0.0431. The van der Waals surface area contributed by atoms with Crippen LogP contribution in [0.4, 0.5) is 4.39 Å². The van der Waals surface area contributed by atoms with Crippen LogP contribution in [-0.4, -0.2) is 42.4 Å². The van der Waals surface area contributed by atoms with Gasteiger partial charge in [0.05, 0.1) is 7.11 Å². The van der Waals surface area contributed by atoms with Crippen molar-refractivity contribution in [2.75, 3.05) is 26.7 Å². The van der Waals surface area contributed by atoms with Crippen LogP contribution in [0.1, 0.15) is 41.6 Å². The number of rotatable bonds is 7. The van der Waals surface area contributed by atoms with Gasteiger partial charge in [0.15, 0.2) is 5.78 Å². The van der Waals surface area contributed by atoms with Gasteiger partial charge in [0.25, 0.3) is 0 Å². The molecule has 1 fully saturated rings. The Kier molecular flexibility index (Phi) is 6.48. The number of hydrogen-bond acceptors (Lipinski definition) is 3. The molecule has 4 nitrogen and oxygen atoms in total. The van der Waals surface area contributed by atoms with Crippen molar-refractivity contribution in [1.29, 1.82) is 0 Å². The first-order valence-electron chi connectivity index (χ1n) is 10.8. The summed E-state index contributed by atoms with van der Waals surface area (Å²) in [6.45, 7) is 3.02. The summed E-state index contributed by atoms with van der Waals surface area (Å²) < 4.78 is 18.5. The number of hydrogen-bond donors (Lipinski definition) is 1. The Bertz CT molecular complexity index is 996. The molecular weight excluding hydrogens is 379 g/mol. The third kappa shape index (κ3) is 4.73. The summed E-state index contributed by atoms with van der Waals surface area (Å²) in [6, 6.07) is 12.1. The van der Waals surface area contributed by atoms with Gasteiger partial charge in [-0.1, -0.05) is 0 Å². The van der Waals surface area contributed by atoms with Crippen molar-refractivity contribution in [3.05, 3.63) is 65.6 Å². The molecule has 1 unspecified atom stereocenters. The van der Waals surface area contributed by atoms with Crippen LogP contribution in [0.5, 0.6) is 5.75 Å². The fourth-order valence-electron chi connectivity index (χ4n) is 4.48. The number of fused-ring (bicyclic) bond motifs is 1. The third-order valence-electron chi connectivity index (χ3n) is 6.22. The molecule has 1 atom stereocenters. The van der Waals surface area contributed by atoms with Crippen LogP contribution >= 0.6 is 0 Å². The number of aryl methyl sites for hydroxylation is 1. The van der Waals surface area contributed by atoms with E-state index in [0.717, 1.165) is 63.0 Å². The highest BCUT2D eigenvalue weighted by molar-refractivity contribution is 5.97. The SMILES string of the molecule is COc1ccc2[nH]cc(CCCN3CCCC(C(=O)c4ccc(F)cc4)CC3)c2c1. The molecule has 158 valence electrons. The van der Waals surface area contributed by atoms with Crippen molar-refractivity contribution in [3.8, 4) is 5.75 Å². The highest BCUT2D eigenvalue weighted by atomic mass is 19.1. The number of H-pyrrole nitrogens is 1. The zero-order chi connectivity index (χ0) is 20.9. The molecule has 1 aliphatic heterocycles. The minimum atomic E-state index is -0.299. The van der Waals surface area contributed by atoms with Crippen molar-refractivity contribution in [2.24, 2.45) is 5.92 Å². The average Bonchev–Trinajstić information content (AvgIpc) is 3.01. The highest BCUT2D eigenvalue weighted by Crippen LogP contribution is 2.25. The molecule has 1 aliphatic rings. The van der Waals surface area contributed by atoms with Crippen molar-refractivity contribution in [1.82, 2.24) is 9.88 Å². The van der Waals surface area contributed by atoms with E-state index in [2.05, 4.69) is 28.2 Å². The van der Waals surface area contributed by atoms with E-state index >= 15 is 0 Å². The summed E-state index contributed by atoms with van der Waals surface area (Å²) in [5, 5.41) is 1.23. The van der Waals surface area contributed by atoms with Gasteiger partial charge in [-0.15, -0.1) is 0 Å². The molecule has 0 aliphatic carbocycles. The number of aromatic nitrogens is 1. The van der Waals surface area contributed by atoms with E-state index in [1.165, 1.54) is 23.1 Å². The average molecular weight is 409 g/mol. The Labute approximate surface area is 177 Å². The summed E-state index contributed by atoms with van der Waals surface area (Å²) in [4.78, 5) is 18.6. The number of nitrogens with zero attached hydrogens (tertiary/aromatic N) is 1. The molecule has 0 saturated carbocycles. The van der Waals surface area contributed by atoms with Gasteiger partial charge in [-0.3, -0.25) is 4.79 Å². The van der Waals surface area contributed by atoms with Gasteiger partial charge in [-0.25, -0.2) is 4.39 Å². The molecule has 5 heteroatoms. The van der Waals surface area contributed by atoms with Gasteiger partial charge in [0, 0.05) is 28.6 Å². The van der Waals surface area contributed by atoms with E-state index in [1.54, 1.807) is 19.2 Å². The molecule has 0 radical (unpaired) electrons. The number of ether oxygens (including phenoxy) is 1. The quantitative estimate of drug-likeness (QED) is 0.544. The van der Waals surface area contributed by atoms with Gasteiger partial charge >= 0.3 is 0 Å². The summed E-state index contributed by atoms with van der Waals surface area (Å²) in [6.07, 6.45) is 7.02. The van der Waals surface area contributed by atoms with Crippen LogP contribution in [0.15, 0.2) is 48.7 Å². The third-order valence-corrected chi connectivity index (χ3v) is 6.22. The molecule has 1 saturated heterocycles. The Morgan fingerprint density at radius 3 is 2.80 bits per heavy atom. The predicted octanol–water partition coefficient (Wildman–Crippen LogP) is 5.23. The minimum Gasteiger partial charge on any atom is -0.497 e. The van der Waals surface area contributed by atoms with Crippen molar-refractivity contribution in [2.45, 2.75) is 32.1 Å². The Hall–Kier alpha value is -2.66. The number of aromatic amines is 1. The lowest BCUT2D eigenvalue weighted by molar-refractivity contribution is 0.0907. The molecule has 0 amide bonds. The fraction of sp³-hybridized carbons (Fsp3) is 0.400. The molecule has 4 rings (SSSR count). The number of methoxy groups -OCH3 is 1. The van der Waals surface area contributed by atoms with Gasteiger partial charge in [-0.05, 0) is 99.8 Å². The topological polar surface area (TPSA) is 45.3 Å². The van der Waals surface area contributed by atoms with E-state index in [0.29, 0.717) is 5.56 Å². The fourth-order valence-corrected chi connectivity index (χ4v) is 4.48. The van der Waals surface area contributed by atoms with Crippen LogP contribution in [0.25, 0.3) is 10.9 Å². The first-order valence-corrected chi connectivity index (χ1v) is 10.8. The van der Waals surface area contributed by atoms with Crippen molar-refractivity contribution >= 4 is 16.7 Å². The second kappa shape index (κ2) is 9.43. The molecule has 1 aromatic heterocycles. The van der Waals surface area contributed by atoms with Gasteiger partial charge in [0.2, 0.25) is 0 Å². The van der Waals surface area contributed by atoms with E-state index in [1.807, 2.05) is 6.07 Å². The number of Topliss-reactive ketones (excluding diaryl/α,β-unsaturated/α-hetero) is 1. The monoisotopic (exact) mass is 408 g/mol. The maximum absolute atomic E-state index is 13.1. The zero-order valence-electron chi connectivity index (χ0n) is 17.5. The van der Waals surface area contributed by atoms with Crippen LogP contribution < -0.4 is 4.74 Å². The summed E-state index contributed by atoms with van der Waals surface area (Å²) >= 11 is 0. The Morgan fingerprint density at radius 2 is 2.00 bits per heavy atom. The lowest BCUT2D eigenvalue weighted by Crippen LogP contribution is -2.26. The number of benzene rings is 2. The first kappa shape index (κ1) is 20.6. The van der Waals surface area contributed by atoms with Crippen LogP contribution in [0.3, 0.4) is 0 Å². The molecule has 1 N–H and O–H groups in total. The smallest absolute Gasteiger partial charge is 0.165 e. The molecule has 0 bridgehead atoms. The normalized spacial score (nSPS) is 17.7. The zero-order valence-corrected chi connectivity index (χ0v) is 17.5. The van der Waals surface area contributed by atoms with Crippen molar-refractivity contribution in [3.63, 3.8) is 0 Å². The van der Waals surface area contributed by atoms with Crippen molar-refractivity contribution < 1.29 is 13.9 Å². The summed E-state index contributed by atoms with van der Waals surface area (Å²) in [7, 11) is 1.70.